The van der Waals surface area contributed by atoms with E-state index in [0.717, 1.165) is 37.4 Å². The van der Waals surface area contributed by atoms with E-state index >= 15 is 0 Å². The standard InChI is InChI=1S/C20H21FN2O/c1-22-12-14-23(15-13-22)19-9-5-17(6-10-19)20(24)11-4-16-2-7-18(21)8-3-16/h2-11H,12-15H2,1H3/b11-4+. The van der Waals surface area contributed by atoms with E-state index in [-0.39, 0.29) is 11.6 Å². The molecule has 0 bridgehead atoms. The molecule has 0 N–H and O–H groups in total. The third kappa shape index (κ3) is 4.09. The largest absolute Gasteiger partial charge is 0.369 e. The molecule has 0 radical (unpaired) electrons. The number of carbonyl (C=O) groups excluding carboxylic acids is 1. The molecule has 3 rings (SSSR count). The van der Waals surface area contributed by atoms with E-state index in [2.05, 4.69) is 16.8 Å². The number of anilines is 1. The van der Waals surface area contributed by atoms with Crippen LogP contribution in [-0.4, -0.2) is 43.9 Å². The van der Waals surface area contributed by atoms with Crippen molar-refractivity contribution in [3.05, 3.63) is 71.6 Å². The van der Waals surface area contributed by atoms with Crippen LogP contribution in [0.4, 0.5) is 10.1 Å². The molecule has 1 fully saturated rings. The zero-order valence-corrected chi connectivity index (χ0v) is 13.8. The van der Waals surface area contributed by atoms with Crippen LogP contribution in [0.5, 0.6) is 0 Å². The maximum Gasteiger partial charge on any atom is 0.185 e. The fraction of sp³-hybridized carbons (Fsp3) is 0.250. The molecule has 24 heavy (non-hydrogen) atoms. The molecule has 0 amide bonds. The van der Waals surface area contributed by atoms with Crippen LogP contribution in [-0.2, 0) is 0 Å². The molecule has 1 aliphatic rings. The Kier molecular flexibility index (Phi) is 5.06. The molecule has 0 atom stereocenters. The number of ketones is 1. The Hall–Kier alpha value is -2.46. The Bertz CT molecular complexity index is 714. The first-order chi connectivity index (χ1) is 11.6. The third-order valence-corrected chi connectivity index (χ3v) is 4.32. The highest BCUT2D eigenvalue weighted by Crippen LogP contribution is 2.17. The van der Waals surface area contributed by atoms with Gasteiger partial charge in [-0.2, -0.15) is 0 Å². The minimum Gasteiger partial charge on any atom is -0.369 e. The minimum atomic E-state index is -0.280. The second kappa shape index (κ2) is 7.41. The van der Waals surface area contributed by atoms with Gasteiger partial charge >= 0.3 is 0 Å². The van der Waals surface area contributed by atoms with Crippen LogP contribution in [0.25, 0.3) is 6.08 Å². The highest BCUT2D eigenvalue weighted by molar-refractivity contribution is 6.06. The predicted octanol–water partition coefficient (Wildman–Crippen LogP) is 3.47. The summed E-state index contributed by atoms with van der Waals surface area (Å²) < 4.78 is 12.9. The summed E-state index contributed by atoms with van der Waals surface area (Å²) in [5.41, 5.74) is 2.62. The molecular weight excluding hydrogens is 303 g/mol. The average Bonchev–Trinajstić information content (AvgIpc) is 2.62. The number of likely N-dealkylation sites (N-methyl/N-ethyl adjacent to an activating group) is 1. The first kappa shape index (κ1) is 16.4. The third-order valence-electron chi connectivity index (χ3n) is 4.32. The van der Waals surface area contributed by atoms with E-state index in [1.165, 1.54) is 18.2 Å². The first-order valence-corrected chi connectivity index (χ1v) is 8.13. The number of hydrogen-bond donors (Lipinski definition) is 0. The molecule has 0 aliphatic carbocycles. The van der Waals surface area contributed by atoms with Crippen LogP contribution < -0.4 is 4.90 Å². The molecule has 2 aromatic carbocycles. The second-order valence-corrected chi connectivity index (χ2v) is 6.09. The topological polar surface area (TPSA) is 23.6 Å². The number of hydrogen-bond acceptors (Lipinski definition) is 3. The Morgan fingerprint density at radius 2 is 1.58 bits per heavy atom. The molecule has 2 aromatic rings. The number of carbonyl (C=O) groups is 1. The zero-order chi connectivity index (χ0) is 16.9. The maximum atomic E-state index is 12.9. The number of rotatable bonds is 4. The van der Waals surface area contributed by atoms with Gasteiger partial charge in [0, 0.05) is 37.4 Å². The molecular formula is C20H21FN2O. The average molecular weight is 324 g/mol. The van der Waals surface area contributed by atoms with Gasteiger partial charge in [0.1, 0.15) is 5.82 Å². The van der Waals surface area contributed by atoms with Gasteiger partial charge in [0.05, 0.1) is 0 Å². The van der Waals surface area contributed by atoms with Crippen molar-refractivity contribution in [2.24, 2.45) is 0 Å². The number of halogens is 1. The minimum absolute atomic E-state index is 0.0516. The molecule has 124 valence electrons. The van der Waals surface area contributed by atoms with Gasteiger partial charge in [-0.3, -0.25) is 4.79 Å². The van der Waals surface area contributed by atoms with Crippen molar-refractivity contribution >= 4 is 17.5 Å². The summed E-state index contributed by atoms with van der Waals surface area (Å²) in [6, 6.07) is 13.8. The summed E-state index contributed by atoms with van der Waals surface area (Å²) in [5.74, 6) is -0.331. The number of allylic oxidation sites excluding steroid dienone is 1. The molecule has 1 saturated heterocycles. The van der Waals surface area contributed by atoms with Crippen LogP contribution in [0.2, 0.25) is 0 Å². The van der Waals surface area contributed by atoms with Crippen molar-refractivity contribution < 1.29 is 9.18 Å². The molecule has 0 saturated carbocycles. The summed E-state index contributed by atoms with van der Waals surface area (Å²) in [4.78, 5) is 16.9. The van der Waals surface area contributed by atoms with Crippen molar-refractivity contribution in [2.75, 3.05) is 38.1 Å². The quantitative estimate of drug-likeness (QED) is 0.635. The predicted molar refractivity (Wildman–Crippen MR) is 95.9 cm³/mol. The number of piperazine rings is 1. The summed E-state index contributed by atoms with van der Waals surface area (Å²) in [5, 5.41) is 0. The fourth-order valence-electron chi connectivity index (χ4n) is 2.74. The van der Waals surface area contributed by atoms with E-state index in [4.69, 9.17) is 0 Å². The summed E-state index contributed by atoms with van der Waals surface area (Å²) >= 11 is 0. The Morgan fingerprint density at radius 1 is 0.958 bits per heavy atom. The second-order valence-electron chi connectivity index (χ2n) is 6.09. The summed E-state index contributed by atoms with van der Waals surface area (Å²) in [6.45, 7) is 4.13. The summed E-state index contributed by atoms with van der Waals surface area (Å²) in [7, 11) is 2.13. The Labute approximate surface area is 142 Å². The van der Waals surface area contributed by atoms with Gasteiger partial charge in [-0.1, -0.05) is 18.2 Å². The van der Waals surface area contributed by atoms with Crippen molar-refractivity contribution in [3.8, 4) is 0 Å². The van der Waals surface area contributed by atoms with Crippen LogP contribution in [0, 0.1) is 5.82 Å². The molecule has 3 nitrogen and oxygen atoms in total. The van der Waals surface area contributed by atoms with Gasteiger partial charge < -0.3 is 9.80 Å². The molecule has 1 aliphatic heterocycles. The zero-order valence-electron chi connectivity index (χ0n) is 13.8. The Morgan fingerprint density at radius 3 is 2.21 bits per heavy atom. The lowest BCUT2D eigenvalue weighted by Crippen LogP contribution is -2.44. The molecule has 0 aromatic heterocycles. The highest BCUT2D eigenvalue weighted by Gasteiger charge is 2.14. The lowest BCUT2D eigenvalue weighted by molar-refractivity contribution is 0.104. The molecule has 4 heteroatoms. The van der Waals surface area contributed by atoms with Crippen LogP contribution in [0.3, 0.4) is 0 Å². The first-order valence-electron chi connectivity index (χ1n) is 8.13. The lowest BCUT2D eigenvalue weighted by Gasteiger charge is -2.34. The van der Waals surface area contributed by atoms with Crippen LogP contribution in [0.15, 0.2) is 54.6 Å². The van der Waals surface area contributed by atoms with Crippen molar-refractivity contribution in [1.29, 1.82) is 0 Å². The van der Waals surface area contributed by atoms with Crippen molar-refractivity contribution in [1.82, 2.24) is 4.90 Å². The van der Waals surface area contributed by atoms with E-state index in [9.17, 15) is 9.18 Å². The van der Waals surface area contributed by atoms with Gasteiger partial charge in [0.25, 0.3) is 0 Å². The van der Waals surface area contributed by atoms with Gasteiger partial charge in [-0.05, 0) is 55.1 Å². The van der Waals surface area contributed by atoms with Gasteiger partial charge in [-0.25, -0.2) is 4.39 Å². The van der Waals surface area contributed by atoms with Crippen molar-refractivity contribution in [2.45, 2.75) is 0 Å². The molecule has 0 spiro atoms. The molecule has 0 unspecified atom stereocenters. The fourth-order valence-corrected chi connectivity index (χ4v) is 2.74. The number of benzene rings is 2. The number of nitrogens with zero attached hydrogens (tertiary/aromatic N) is 2. The van der Waals surface area contributed by atoms with E-state index in [1.54, 1.807) is 18.2 Å². The summed E-state index contributed by atoms with van der Waals surface area (Å²) in [6.07, 6.45) is 3.23. The molecule has 1 heterocycles. The normalized spacial score (nSPS) is 15.8. The Balaban J connectivity index is 1.64. The van der Waals surface area contributed by atoms with E-state index < -0.39 is 0 Å². The van der Waals surface area contributed by atoms with E-state index in [1.807, 2.05) is 24.3 Å². The maximum absolute atomic E-state index is 12.9. The van der Waals surface area contributed by atoms with E-state index in [0.29, 0.717) is 5.56 Å². The van der Waals surface area contributed by atoms with Gasteiger partial charge in [0.15, 0.2) is 5.78 Å². The highest BCUT2D eigenvalue weighted by atomic mass is 19.1. The SMILES string of the molecule is CN1CCN(c2ccc(C(=O)/C=C/c3ccc(F)cc3)cc2)CC1. The van der Waals surface area contributed by atoms with Crippen LogP contribution >= 0.6 is 0 Å². The van der Waals surface area contributed by atoms with Crippen molar-refractivity contribution in [3.63, 3.8) is 0 Å². The van der Waals surface area contributed by atoms with Gasteiger partial charge in [-0.15, -0.1) is 0 Å². The monoisotopic (exact) mass is 324 g/mol. The smallest absolute Gasteiger partial charge is 0.185 e. The van der Waals surface area contributed by atoms with Crippen LogP contribution in [0.1, 0.15) is 15.9 Å². The van der Waals surface area contributed by atoms with Gasteiger partial charge in [0.2, 0.25) is 0 Å². The lowest BCUT2D eigenvalue weighted by atomic mass is 10.1.